The molecule has 0 aliphatic rings. The Labute approximate surface area is 382 Å². The molecule has 63 heavy (non-hydrogen) atoms. The number of ether oxygens (including phenoxy) is 1. The molecule has 0 fully saturated rings. The van der Waals surface area contributed by atoms with Crippen LogP contribution in [0.25, 0.3) is 88.4 Å². The number of nitrogens with zero attached hydrogens (tertiary/aromatic N) is 4. The smallest absolute Gasteiger partial charge is 0.497 e. The van der Waals surface area contributed by atoms with E-state index >= 15 is 0 Å². The number of rotatable bonds is 7. The molecule has 11 aromatic rings. The molecule has 0 N–H and O–H groups in total. The summed E-state index contributed by atoms with van der Waals surface area (Å²) >= 11 is 0. The zero-order valence-electron chi connectivity index (χ0n) is 36.4. The van der Waals surface area contributed by atoms with Crippen molar-refractivity contribution in [3.05, 3.63) is 179 Å². The first kappa shape index (κ1) is 40.5. The number of para-hydroxylation sites is 2. The van der Waals surface area contributed by atoms with Crippen molar-refractivity contribution in [2.75, 3.05) is 0 Å². The molecule has 0 saturated heterocycles. The van der Waals surface area contributed by atoms with E-state index in [0.717, 1.165) is 61.0 Å². The molecule has 0 unspecified atom stereocenters. The minimum atomic E-state index is 0. The van der Waals surface area contributed by atoms with Gasteiger partial charge in [0.05, 0.1) is 33.5 Å². The maximum atomic E-state index is 6.80. The normalized spacial score (nSPS) is 11.9. The molecule has 6 heteroatoms. The van der Waals surface area contributed by atoms with Gasteiger partial charge in [0.2, 0.25) is 0 Å². The van der Waals surface area contributed by atoms with Crippen molar-refractivity contribution in [2.45, 2.75) is 60.3 Å². The average molecular weight is 998 g/mol. The number of benzene rings is 8. The Morgan fingerprint density at radius 2 is 1.27 bits per heavy atom. The molecule has 0 bridgehead atoms. The van der Waals surface area contributed by atoms with E-state index in [1.165, 1.54) is 55.2 Å². The third-order valence-electron chi connectivity index (χ3n) is 12.7. The minimum absolute atomic E-state index is 0. The molecule has 8 aromatic carbocycles. The predicted octanol–water partition coefficient (Wildman–Crippen LogP) is 15.2. The largest absolute Gasteiger partial charge is 2.00 e. The Balaban J connectivity index is 0.00000471. The maximum Gasteiger partial charge on any atom is 2.00 e. The van der Waals surface area contributed by atoms with Crippen LogP contribution in [0.1, 0.15) is 67.3 Å². The van der Waals surface area contributed by atoms with E-state index in [2.05, 4.69) is 197 Å². The first-order chi connectivity index (χ1) is 30.1. The number of fused-ring (bicyclic) bond motifs is 11. The molecule has 0 amide bonds. The van der Waals surface area contributed by atoms with Crippen LogP contribution in [0.2, 0.25) is 0 Å². The van der Waals surface area contributed by atoms with Gasteiger partial charge in [-0.15, -0.1) is 29.3 Å². The predicted molar refractivity (Wildman–Crippen MR) is 257 cm³/mol. The monoisotopic (exact) mass is 997 g/mol. The van der Waals surface area contributed by atoms with Crippen LogP contribution in [0.4, 0.5) is 0 Å². The second kappa shape index (κ2) is 15.7. The Morgan fingerprint density at radius 3 is 2.05 bits per heavy atom. The van der Waals surface area contributed by atoms with Gasteiger partial charge >= 0.3 is 21.1 Å². The molecular weight excluding hydrogens is 952 g/mol. The van der Waals surface area contributed by atoms with Crippen molar-refractivity contribution in [1.29, 1.82) is 0 Å². The van der Waals surface area contributed by atoms with Gasteiger partial charge in [-0.05, 0) is 106 Å². The van der Waals surface area contributed by atoms with Crippen molar-refractivity contribution in [3.8, 4) is 39.7 Å². The zero-order chi connectivity index (χ0) is 42.4. The summed E-state index contributed by atoms with van der Waals surface area (Å²) in [5, 5.41) is 5.59. The third-order valence-corrected chi connectivity index (χ3v) is 12.7. The van der Waals surface area contributed by atoms with Crippen molar-refractivity contribution < 1.29 is 25.8 Å². The average Bonchev–Trinajstić information content (AvgIpc) is 3.87. The molecule has 0 spiro atoms. The molecule has 3 heterocycles. The number of aryl methyl sites for hydroxylation is 3. The SMILES string of the molecule is Cc1cc2c3c(C)cc(Oc4[c-]c(-c5nc6ccccc6n5-c5c(C(C)C)cc(-c6ccccc6)cc5C(C)C)ccc4)[c-]c3c3nc4ccc5ccccc5c4n3c2cc1C.[Pt+2]. The summed E-state index contributed by atoms with van der Waals surface area (Å²) in [6, 6.07) is 56.9. The van der Waals surface area contributed by atoms with Crippen molar-refractivity contribution in [1.82, 2.24) is 18.9 Å². The Kier molecular flexibility index (Phi) is 10.1. The van der Waals surface area contributed by atoms with Crippen LogP contribution in [0.5, 0.6) is 11.5 Å². The number of imidazole rings is 2. The van der Waals surface area contributed by atoms with Crippen LogP contribution < -0.4 is 4.74 Å². The molecule has 0 aliphatic carbocycles. The zero-order valence-corrected chi connectivity index (χ0v) is 38.7. The van der Waals surface area contributed by atoms with E-state index in [-0.39, 0.29) is 32.9 Å². The van der Waals surface area contributed by atoms with E-state index < -0.39 is 0 Å². The van der Waals surface area contributed by atoms with Crippen molar-refractivity contribution >= 4 is 60.2 Å². The quantitative estimate of drug-likeness (QED) is 0.118. The number of aromatic nitrogens is 4. The van der Waals surface area contributed by atoms with Gasteiger partial charge in [0.15, 0.2) is 0 Å². The second-order valence-electron chi connectivity index (χ2n) is 17.4. The first-order valence-electron chi connectivity index (χ1n) is 21.6. The van der Waals surface area contributed by atoms with Crippen LogP contribution >= 0.6 is 0 Å². The van der Waals surface area contributed by atoms with Crippen LogP contribution in [0.3, 0.4) is 0 Å². The maximum absolute atomic E-state index is 6.80. The number of pyridine rings is 1. The van der Waals surface area contributed by atoms with Gasteiger partial charge in [-0.3, -0.25) is 9.97 Å². The molecule has 5 nitrogen and oxygen atoms in total. The summed E-state index contributed by atoms with van der Waals surface area (Å²) in [6.07, 6.45) is 0. The van der Waals surface area contributed by atoms with Gasteiger partial charge in [-0.1, -0.05) is 142 Å². The summed E-state index contributed by atoms with van der Waals surface area (Å²) < 4.78 is 11.5. The second-order valence-corrected chi connectivity index (χ2v) is 17.4. The molecule has 310 valence electrons. The Bertz CT molecular complexity index is 3570. The Morgan fingerprint density at radius 1 is 0.556 bits per heavy atom. The number of hydrogen-bond donors (Lipinski definition) is 0. The molecule has 0 radical (unpaired) electrons. The van der Waals surface area contributed by atoms with Gasteiger partial charge in [0.1, 0.15) is 0 Å². The summed E-state index contributed by atoms with van der Waals surface area (Å²) in [6.45, 7) is 15.7. The fraction of sp³-hybridized carbons (Fsp3) is 0.158. The summed E-state index contributed by atoms with van der Waals surface area (Å²) in [5.41, 5.74) is 16.6. The topological polar surface area (TPSA) is 44.3 Å². The fourth-order valence-corrected chi connectivity index (χ4v) is 9.49. The van der Waals surface area contributed by atoms with Crippen molar-refractivity contribution in [3.63, 3.8) is 0 Å². The fourth-order valence-electron chi connectivity index (χ4n) is 9.49. The molecular formula is C57H46N4OPt. The van der Waals surface area contributed by atoms with Crippen LogP contribution in [-0.4, -0.2) is 18.9 Å². The van der Waals surface area contributed by atoms with Crippen LogP contribution in [0.15, 0.2) is 140 Å². The summed E-state index contributed by atoms with van der Waals surface area (Å²) in [5.74, 6) is 2.54. The van der Waals surface area contributed by atoms with Crippen LogP contribution in [-0.2, 0) is 21.1 Å². The van der Waals surface area contributed by atoms with E-state index in [0.29, 0.717) is 11.5 Å². The van der Waals surface area contributed by atoms with Crippen molar-refractivity contribution in [2.24, 2.45) is 0 Å². The first-order valence-corrected chi connectivity index (χ1v) is 21.6. The standard InChI is InChI=1S/C57H46N4O.Pt/c1-33(2)45-30-41(38-16-9-8-10-17-38)31-46(34(3)4)54(45)60-51-23-14-13-22-49(51)58-56(60)40-19-15-20-42(29-40)62-43-26-37(7)53-47-27-35(5)36(6)28-52(47)61-55-44-21-12-11-18-39(44)24-25-50(55)59-57(61)48(53)32-43;/h8-28,30-31,33-34H,1-7H3;/q-2;+2. The van der Waals surface area contributed by atoms with E-state index in [1.54, 1.807) is 0 Å². The van der Waals surface area contributed by atoms with Gasteiger partial charge in [-0.2, -0.15) is 0 Å². The van der Waals surface area contributed by atoms with E-state index in [9.17, 15) is 0 Å². The van der Waals surface area contributed by atoms with Gasteiger partial charge in [0.25, 0.3) is 0 Å². The summed E-state index contributed by atoms with van der Waals surface area (Å²) in [4.78, 5) is 10.6. The minimum Gasteiger partial charge on any atom is -0.497 e. The number of hydrogen-bond acceptors (Lipinski definition) is 3. The molecule has 0 aliphatic heterocycles. The molecule has 11 rings (SSSR count). The van der Waals surface area contributed by atoms with Gasteiger partial charge in [-0.25, -0.2) is 0 Å². The van der Waals surface area contributed by atoms with Crippen LogP contribution in [0, 0.1) is 32.9 Å². The van der Waals surface area contributed by atoms with E-state index in [4.69, 9.17) is 14.7 Å². The molecule has 0 atom stereocenters. The molecule has 3 aromatic heterocycles. The van der Waals surface area contributed by atoms with E-state index in [1.807, 2.05) is 12.1 Å². The summed E-state index contributed by atoms with van der Waals surface area (Å²) in [7, 11) is 0. The van der Waals surface area contributed by atoms with Gasteiger partial charge < -0.3 is 13.7 Å². The molecule has 0 saturated carbocycles. The van der Waals surface area contributed by atoms with Gasteiger partial charge in [0, 0.05) is 28.1 Å². The Hall–Kier alpha value is -6.55. The third kappa shape index (κ3) is 6.64.